The Balaban J connectivity index is 0.00000169. The molecule has 0 unspecified atom stereocenters. The van der Waals surface area contributed by atoms with Crippen LogP contribution in [-0.4, -0.2) is 13.1 Å². The van der Waals surface area contributed by atoms with E-state index in [0.717, 1.165) is 13.1 Å². The highest BCUT2D eigenvalue weighted by atomic mass is 35.5. The lowest BCUT2D eigenvalue weighted by Gasteiger charge is -2.21. The van der Waals surface area contributed by atoms with Crippen LogP contribution in [0.5, 0.6) is 0 Å². The summed E-state index contributed by atoms with van der Waals surface area (Å²) in [6, 6.07) is 12.3. The van der Waals surface area contributed by atoms with Crippen molar-refractivity contribution in [3.63, 3.8) is 0 Å². The van der Waals surface area contributed by atoms with Gasteiger partial charge in [0.05, 0.1) is 12.5 Å². The van der Waals surface area contributed by atoms with Gasteiger partial charge in [0, 0.05) is 18.8 Å². The smallest absolute Gasteiger partial charge is 0.0640 e. The van der Waals surface area contributed by atoms with Crippen molar-refractivity contribution in [2.24, 2.45) is 0 Å². The minimum absolute atomic E-state index is 0. The Bertz CT molecular complexity index is 279. The summed E-state index contributed by atoms with van der Waals surface area (Å²) >= 11 is 0. The Morgan fingerprint density at radius 3 is 2.43 bits per heavy atom. The lowest BCUT2D eigenvalue weighted by molar-refractivity contribution is 0.827. The zero-order valence-corrected chi connectivity index (χ0v) is 9.13. The lowest BCUT2D eigenvalue weighted by atomic mass is 10.2. The van der Waals surface area contributed by atoms with Crippen LogP contribution in [0.25, 0.3) is 0 Å². The molecule has 14 heavy (non-hydrogen) atoms. The number of benzene rings is 1. The van der Waals surface area contributed by atoms with Crippen molar-refractivity contribution in [2.45, 2.75) is 13.3 Å². The fraction of sp³-hybridized carbons (Fsp3) is 0.364. The first-order valence-corrected chi connectivity index (χ1v) is 4.55. The van der Waals surface area contributed by atoms with E-state index in [9.17, 15) is 0 Å². The summed E-state index contributed by atoms with van der Waals surface area (Å²) in [6.45, 7) is 3.87. The van der Waals surface area contributed by atoms with Crippen LogP contribution in [0.3, 0.4) is 0 Å². The second-order valence-corrected chi connectivity index (χ2v) is 2.82. The molecular weight excluding hydrogens is 196 g/mol. The standard InChI is InChI=1S/C11H14N2.ClH/c1-2-13(10-6-9-12)11-7-4-3-5-8-11;/h3-5,7-8H,2,6,10H2,1H3;1H. The molecule has 0 spiro atoms. The van der Waals surface area contributed by atoms with Crippen molar-refractivity contribution in [3.05, 3.63) is 30.3 Å². The van der Waals surface area contributed by atoms with Crippen molar-refractivity contribution in [1.29, 1.82) is 5.26 Å². The number of halogens is 1. The maximum absolute atomic E-state index is 8.48. The first-order chi connectivity index (χ1) is 6.38. The number of anilines is 1. The van der Waals surface area contributed by atoms with Gasteiger partial charge < -0.3 is 4.90 Å². The van der Waals surface area contributed by atoms with Crippen LogP contribution in [0.2, 0.25) is 0 Å². The van der Waals surface area contributed by atoms with Crippen molar-refractivity contribution in [3.8, 4) is 6.07 Å². The monoisotopic (exact) mass is 210 g/mol. The Morgan fingerprint density at radius 2 is 1.93 bits per heavy atom. The second-order valence-electron chi connectivity index (χ2n) is 2.82. The van der Waals surface area contributed by atoms with E-state index in [1.54, 1.807) is 0 Å². The van der Waals surface area contributed by atoms with Gasteiger partial charge in [-0.25, -0.2) is 0 Å². The molecule has 0 heterocycles. The third kappa shape index (κ3) is 3.68. The zero-order chi connectivity index (χ0) is 9.52. The molecule has 0 N–H and O–H groups in total. The molecule has 1 aromatic rings. The van der Waals surface area contributed by atoms with Gasteiger partial charge in [-0.3, -0.25) is 0 Å². The van der Waals surface area contributed by atoms with E-state index in [2.05, 4.69) is 30.0 Å². The molecule has 1 rings (SSSR count). The molecule has 3 heteroatoms. The Labute approximate surface area is 91.6 Å². The average molecular weight is 211 g/mol. The molecule has 0 radical (unpaired) electrons. The van der Waals surface area contributed by atoms with Crippen LogP contribution >= 0.6 is 12.4 Å². The van der Waals surface area contributed by atoms with Gasteiger partial charge in [-0.2, -0.15) is 5.26 Å². The Hall–Kier alpha value is -1.20. The van der Waals surface area contributed by atoms with Gasteiger partial charge in [0.1, 0.15) is 0 Å². The van der Waals surface area contributed by atoms with E-state index in [4.69, 9.17) is 5.26 Å². The van der Waals surface area contributed by atoms with Gasteiger partial charge in [0.2, 0.25) is 0 Å². The first kappa shape index (κ1) is 12.8. The zero-order valence-electron chi connectivity index (χ0n) is 8.31. The van der Waals surface area contributed by atoms with Gasteiger partial charge in [0.25, 0.3) is 0 Å². The number of para-hydroxylation sites is 1. The summed E-state index contributed by atoms with van der Waals surface area (Å²) in [5, 5.41) is 8.48. The van der Waals surface area contributed by atoms with E-state index in [1.165, 1.54) is 5.69 Å². The molecule has 0 bridgehead atoms. The number of nitrogens with zero attached hydrogens (tertiary/aromatic N) is 2. The molecule has 2 nitrogen and oxygen atoms in total. The van der Waals surface area contributed by atoms with E-state index >= 15 is 0 Å². The quantitative estimate of drug-likeness (QED) is 0.764. The van der Waals surface area contributed by atoms with Crippen molar-refractivity contribution >= 4 is 18.1 Å². The summed E-state index contributed by atoms with van der Waals surface area (Å²) in [7, 11) is 0. The normalized spacial score (nSPS) is 8.57. The first-order valence-electron chi connectivity index (χ1n) is 4.55. The minimum Gasteiger partial charge on any atom is -0.371 e. The Morgan fingerprint density at radius 1 is 1.29 bits per heavy atom. The summed E-state index contributed by atoms with van der Waals surface area (Å²) in [4.78, 5) is 2.20. The fourth-order valence-electron chi connectivity index (χ4n) is 1.29. The van der Waals surface area contributed by atoms with Crippen LogP contribution in [-0.2, 0) is 0 Å². The molecule has 1 aromatic carbocycles. The number of hydrogen-bond acceptors (Lipinski definition) is 2. The van der Waals surface area contributed by atoms with Gasteiger partial charge in [0.15, 0.2) is 0 Å². The summed E-state index contributed by atoms with van der Waals surface area (Å²) in [5.74, 6) is 0. The molecule has 76 valence electrons. The fourth-order valence-corrected chi connectivity index (χ4v) is 1.29. The predicted molar refractivity (Wildman–Crippen MR) is 61.8 cm³/mol. The number of rotatable bonds is 4. The Kier molecular flexibility index (Phi) is 6.61. The van der Waals surface area contributed by atoms with Crippen LogP contribution < -0.4 is 4.90 Å². The highest BCUT2D eigenvalue weighted by Gasteiger charge is 2.01. The van der Waals surface area contributed by atoms with Gasteiger partial charge in [-0.1, -0.05) is 18.2 Å². The molecule has 0 aliphatic heterocycles. The molecule has 0 fully saturated rings. The predicted octanol–water partition coefficient (Wildman–Crippen LogP) is 2.85. The topological polar surface area (TPSA) is 27.0 Å². The van der Waals surface area contributed by atoms with E-state index in [0.29, 0.717) is 6.42 Å². The summed E-state index contributed by atoms with van der Waals surface area (Å²) in [6.07, 6.45) is 0.586. The van der Waals surface area contributed by atoms with Gasteiger partial charge in [-0.15, -0.1) is 12.4 Å². The van der Waals surface area contributed by atoms with Crippen molar-refractivity contribution < 1.29 is 0 Å². The third-order valence-electron chi connectivity index (χ3n) is 2.00. The van der Waals surface area contributed by atoms with Gasteiger partial charge in [-0.05, 0) is 19.1 Å². The van der Waals surface area contributed by atoms with Crippen molar-refractivity contribution in [2.75, 3.05) is 18.0 Å². The highest BCUT2D eigenvalue weighted by molar-refractivity contribution is 5.85. The number of nitriles is 1. The van der Waals surface area contributed by atoms with E-state index in [-0.39, 0.29) is 12.4 Å². The molecule has 0 saturated carbocycles. The summed E-state index contributed by atoms with van der Waals surface area (Å²) < 4.78 is 0. The molecule has 0 aliphatic carbocycles. The second kappa shape index (κ2) is 7.23. The highest BCUT2D eigenvalue weighted by Crippen LogP contribution is 2.12. The SMILES string of the molecule is CCN(CCC#N)c1ccccc1.Cl. The molecule has 0 amide bonds. The van der Waals surface area contributed by atoms with Crippen LogP contribution in [0, 0.1) is 11.3 Å². The maximum atomic E-state index is 8.48. The van der Waals surface area contributed by atoms with Crippen LogP contribution in [0.4, 0.5) is 5.69 Å². The minimum atomic E-state index is 0. The van der Waals surface area contributed by atoms with Gasteiger partial charge >= 0.3 is 0 Å². The van der Waals surface area contributed by atoms with E-state index < -0.39 is 0 Å². The molecule has 0 aliphatic rings. The molecular formula is C11H15ClN2. The lowest BCUT2D eigenvalue weighted by Crippen LogP contribution is -2.23. The van der Waals surface area contributed by atoms with E-state index in [1.807, 2.05) is 18.2 Å². The van der Waals surface area contributed by atoms with Crippen LogP contribution in [0.1, 0.15) is 13.3 Å². The largest absolute Gasteiger partial charge is 0.371 e. The average Bonchev–Trinajstić information content (AvgIpc) is 2.21. The summed E-state index contributed by atoms with van der Waals surface area (Å²) in [5.41, 5.74) is 1.19. The molecule has 0 atom stereocenters. The van der Waals surface area contributed by atoms with Crippen molar-refractivity contribution in [1.82, 2.24) is 0 Å². The molecule has 0 saturated heterocycles. The van der Waals surface area contributed by atoms with Crippen LogP contribution in [0.15, 0.2) is 30.3 Å². The molecule has 0 aromatic heterocycles. The third-order valence-corrected chi connectivity index (χ3v) is 2.00. The number of hydrogen-bond donors (Lipinski definition) is 0. The maximum Gasteiger partial charge on any atom is 0.0640 e.